The minimum atomic E-state index is -0.981. The molecule has 1 amide bonds. The number of carbonyl (C=O) groups is 2. The molecule has 0 aliphatic carbocycles. The molecule has 1 heterocycles. The third kappa shape index (κ3) is 5.21. The summed E-state index contributed by atoms with van der Waals surface area (Å²) < 4.78 is 31.4. The molecular formula is C27H26FNO6. The van der Waals surface area contributed by atoms with E-state index in [2.05, 4.69) is 0 Å². The first-order valence-corrected chi connectivity index (χ1v) is 11.1. The Kier molecular flexibility index (Phi) is 7.19. The van der Waals surface area contributed by atoms with Gasteiger partial charge in [-0.25, -0.2) is 9.18 Å². The molecule has 35 heavy (non-hydrogen) atoms. The zero-order valence-corrected chi connectivity index (χ0v) is 19.5. The van der Waals surface area contributed by atoms with Gasteiger partial charge in [0, 0.05) is 13.1 Å². The molecule has 182 valence electrons. The number of rotatable bonds is 7. The molecule has 3 aromatic rings. The van der Waals surface area contributed by atoms with Gasteiger partial charge in [-0.3, -0.25) is 4.79 Å². The van der Waals surface area contributed by atoms with Crippen molar-refractivity contribution < 1.29 is 33.3 Å². The fraction of sp³-hybridized carbons (Fsp3) is 0.259. The van der Waals surface area contributed by atoms with Crippen LogP contribution in [0.3, 0.4) is 0 Å². The molecule has 1 N–H and O–H groups in total. The van der Waals surface area contributed by atoms with E-state index in [1.807, 2.05) is 30.3 Å². The lowest BCUT2D eigenvalue weighted by molar-refractivity contribution is -0.136. The van der Waals surface area contributed by atoms with Crippen LogP contribution in [0.4, 0.5) is 9.18 Å². The van der Waals surface area contributed by atoms with Gasteiger partial charge in [-0.15, -0.1) is 0 Å². The molecule has 0 unspecified atom stereocenters. The number of aliphatic carboxylic acids is 1. The zero-order valence-electron chi connectivity index (χ0n) is 19.5. The van der Waals surface area contributed by atoms with E-state index in [1.165, 1.54) is 20.3 Å². The van der Waals surface area contributed by atoms with Crippen molar-refractivity contribution in [1.29, 1.82) is 0 Å². The van der Waals surface area contributed by atoms with Crippen molar-refractivity contribution in [3.05, 3.63) is 82.7 Å². The summed E-state index contributed by atoms with van der Waals surface area (Å²) in [6.07, 6.45) is -0.349. The highest BCUT2D eigenvalue weighted by Crippen LogP contribution is 2.43. The van der Waals surface area contributed by atoms with Crippen molar-refractivity contribution in [2.45, 2.75) is 26.0 Å². The fourth-order valence-corrected chi connectivity index (χ4v) is 4.34. The van der Waals surface area contributed by atoms with E-state index in [-0.39, 0.29) is 25.4 Å². The molecule has 1 aliphatic rings. The molecule has 7 nitrogen and oxygen atoms in total. The number of nitrogens with zero attached hydrogens (tertiary/aromatic N) is 1. The van der Waals surface area contributed by atoms with Crippen LogP contribution < -0.4 is 9.47 Å². The third-order valence-electron chi connectivity index (χ3n) is 6.01. The molecule has 1 aliphatic heterocycles. The topological polar surface area (TPSA) is 85.3 Å². The van der Waals surface area contributed by atoms with Crippen molar-refractivity contribution in [3.63, 3.8) is 0 Å². The standard InChI is InChI=1S/C27H26FNO6/c1-33-23-12-18(14-25(30)31)13-24(34-2)26(23)20-8-9-22(28)19-10-11-29(15-21(19)20)27(32)35-16-17-6-4-3-5-7-17/h3-9,12-13H,10-11,14-16H2,1-2H3,(H,30,31). The van der Waals surface area contributed by atoms with Crippen LogP contribution in [0.1, 0.15) is 22.3 Å². The second-order valence-electron chi connectivity index (χ2n) is 8.21. The first kappa shape index (κ1) is 24.1. The maximum Gasteiger partial charge on any atom is 0.410 e. The average molecular weight is 480 g/mol. The number of methoxy groups -OCH3 is 2. The van der Waals surface area contributed by atoms with Crippen molar-refractivity contribution in [3.8, 4) is 22.6 Å². The highest BCUT2D eigenvalue weighted by atomic mass is 19.1. The van der Waals surface area contributed by atoms with Gasteiger partial charge in [0.05, 0.1) is 26.2 Å². The van der Waals surface area contributed by atoms with Crippen LogP contribution in [-0.2, 0) is 35.5 Å². The Morgan fingerprint density at radius 3 is 2.29 bits per heavy atom. The number of carboxylic acids is 1. The largest absolute Gasteiger partial charge is 0.496 e. The predicted octanol–water partition coefficient (Wildman–Crippen LogP) is 4.83. The lowest BCUT2D eigenvalue weighted by Gasteiger charge is -2.30. The Bertz CT molecular complexity index is 1220. The van der Waals surface area contributed by atoms with Gasteiger partial charge in [-0.1, -0.05) is 36.4 Å². The average Bonchev–Trinajstić information content (AvgIpc) is 2.87. The molecule has 0 spiro atoms. The molecule has 4 rings (SSSR count). The molecular weight excluding hydrogens is 453 g/mol. The normalized spacial score (nSPS) is 12.6. The van der Waals surface area contributed by atoms with E-state index in [1.54, 1.807) is 23.1 Å². The van der Waals surface area contributed by atoms with Crippen LogP contribution in [0.5, 0.6) is 11.5 Å². The van der Waals surface area contributed by atoms with Gasteiger partial charge in [0.15, 0.2) is 0 Å². The van der Waals surface area contributed by atoms with Gasteiger partial charge in [-0.2, -0.15) is 0 Å². The van der Waals surface area contributed by atoms with Crippen LogP contribution in [-0.4, -0.2) is 42.8 Å². The minimum absolute atomic E-state index is 0.145. The molecule has 0 saturated heterocycles. The zero-order chi connectivity index (χ0) is 24.9. The van der Waals surface area contributed by atoms with Gasteiger partial charge in [-0.05, 0) is 52.4 Å². The lowest BCUT2D eigenvalue weighted by Crippen LogP contribution is -2.37. The molecule has 8 heteroatoms. The molecule has 0 radical (unpaired) electrons. The highest BCUT2D eigenvalue weighted by Gasteiger charge is 2.28. The highest BCUT2D eigenvalue weighted by molar-refractivity contribution is 5.82. The molecule has 0 aromatic heterocycles. The van der Waals surface area contributed by atoms with Gasteiger partial charge in [0.2, 0.25) is 0 Å². The SMILES string of the molecule is COc1cc(CC(=O)O)cc(OC)c1-c1ccc(F)c2c1CN(C(=O)OCc1ccccc1)CC2. The maximum atomic E-state index is 14.8. The Morgan fingerprint density at radius 1 is 0.971 bits per heavy atom. The molecule has 3 aromatic carbocycles. The second-order valence-corrected chi connectivity index (χ2v) is 8.21. The number of ether oxygens (including phenoxy) is 3. The van der Waals surface area contributed by atoms with Crippen molar-refractivity contribution >= 4 is 12.1 Å². The number of carboxylic acid groups (broad SMARTS) is 1. The third-order valence-corrected chi connectivity index (χ3v) is 6.01. The first-order valence-electron chi connectivity index (χ1n) is 11.1. The number of benzene rings is 3. The van der Waals surface area contributed by atoms with Gasteiger partial charge in [0.25, 0.3) is 0 Å². The predicted molar refractivity (Wildman–Crippen MR) is 127 cm³/mol. The number of hydrogen-bond donors (Lipinski definition) is 1. The van der Waals surface area contributed by atoms with E-state index in [0.29, 0.717) is 52.3 Å². The monoisotopic (exact) mass is 479 g/mol. The summed E-state index contributed by atoms with van der Waals surface area (Å²) in [7, 11) is 2.96. The molecule has 0 fully saturated rings. The van der Waals surface area contributed by atoms with Crippen molar-refractivity contribution in [1.82, 2.24) is 4.90 Å². The molecule has 0 bridgehead atoms. The summed E-state index contributed by atoms with van der Waals surface area (Å²) in [5.41, 5.74) is 3.76. The Balaban J connectivity index is 1.68. The smallest absolute Gasteiger partial charge is 0.410 e. The summed E-state index contributed by atoms with van der Waals surface area (Å²) in [6, 6.07) is 15.7. The molecule has 0 atom stereocenters. The quantitative estimate of drug-likeness (QED) is 0.522. The van der Waals surface area contributed by atoms with E-state index < -0.39 is 12.1 Å². The van der Waals surface area contributed by atoms with Crippen LogP contribution in [0.2, 0.25) is 0 Å². The Labute approximate surface area is 202 Å². The summed E-state index contributed by atoms with van der Waals surface area (Å²) >= 11 is 0. The Morgan fingerprint density at radius 2 is 1.66 bits per heavy atom. The van der Waals surface area contributed by atoms with E-state index in [9.17, 15) is 19.1 Å². The molecule has 0 saturated carbocycles. The fourth-order valence-electron chi connectivity index (χ4n) is 4.34. The Hall–Kier alpha value is -4.07. The number of fused-ring (bicyclic) bond motifs is 1. The number of hydrogen-bond acceptors (Lipinski definition) is 5. The van der Waals surface area contributed by atoms with Gasteiger partial charge in [0.1, 0.15) is 23.9 Å². The minimum Gasteiger partial charge on any atom is -0.496 e. The van der Waals surface area contributed by atoms with Crippen LogP contribution in [0, 0.1) is 5.82 Å². The number of halogens is 1. The van der Waals surface area contributed by atoms with Crippen LogP contribution in [0.15, 0.2) is 54.6 Å². The van der Waals surface area contributed by atoms with Crippen LogP contribution in [0.25, 0.3) is 11.1 Å². The summed E-state index contributed by atoms with van der Waals surface area (Å²) in [6.45, 7) is 0.623. The van der Waals surface area contributed by atoms with Crippen LogP contribution >= 0.6 is 0 Å². The summed E-state index contributed by atoms with van der Waals surface area (Å²) in [5.74, 6) is -0.525. The van der Waals surface area contributed by atoms with E-state index >= 15 is 0 Å². The van der Waals surface area contributed by atoms with Gasteiger partial charge < -0.3 is 24.2 Å². The summed E-state index contributed by atoms with van der Waals surface area (Å²) in [4.78, 5) is 25.6. The lowest BCUT2D eigenvalue weighted by atomic mass is 9.89. The second kappa shape index (κ2) is 10.5. The summed E-state index contributed by atoms with van der Waals surface area (Å²) in [5, 5.41) is 9.19. The van der Waals surface area contributed by atoms with Crippen molar-refractivity contribution in [2.75, 3.05) is 20.8 Å². The number of amides is 1. The first-order chi connectivity index (χ1) is 16.9. The van der Waals surface area contributed by atoms with E-state index in [0.717, 1.165) is 5.56 Å². The number of carbonyl (C=O) groups excluding carboxylic acids is 1. The van der Waals surface area contributed by atoms with Crippen molar-refractivity contribution in [2.24, 2.45) is 0 Å². The maximum absolute atomic E-state index is 14.8. The van der Waals surface area contributed by atoms with E-state index in [4.69, 9.17) is 14.2 Å². The van der Waals surface area contributed by atoms with Gasteiger partial charge >= 0.3 is 12.1 Å².